The highest BCUT2D eigenvalue weighted by Crippen LogP contribution is 2.19. The number of carbonyl (C=O) groups excluding carboxylic acids is 2. The van der Waals surface area contributed by atoms with Gasteiger partial charge in [-0.05, 0) is 34.3 Å². The number of halogens is 1. The summed E-state index contributed by atoms with van der Waals surface area (Å²) in [5.74, 6) is -0.798. The second-order valence-corrected chi connectivity index (χ2v) is 9.61. The molecule has 1 atom stereocenters. The molecule has 0 bridgehead atoms. The Balaban J connectivity index is 2.01. The van der Waals surface area contributed by atoms with Gasteiger partial charge in [-0.1, -0.05) is 13.8 Å². The van der Waals surface area contributed by atoms with Crippen LogP contribution in [0.25, 0.3) is 0 Å². The molecule has 25 heavy (non-hydrogen) atoms. The fraction of sp³-hybridized carbons (Fsp3) is 0.562. The average molecular weight is 433 g/mol. The molecule has 2 rings (SSSR count). The molecule has 1 unspecified atom stereocenters. The summed E-state index contributed by atoms with van der Waals surface area (Å²) in [5, 5.41) is 0. The lowest BCUT2D eigenvalue weighted by Gasteiger charge is -2.29. The van der Waals surface area contributed by atoms with Crippen molar-refractivity contribution < 1.29 is 22.7 Å². The first-order valence-electron chi connectivity index (χ1n) is 7.95. The van der Waals surface area contributed by atoms with Crippen molar-refractivity contribution in [2.24, 2.45) is 5.92 Å². The number of nitrogens with zero attached hydrogens (tertiary/aromatic N) is 2. The molecule has 7 nitrogen and oxygen atoms in total. The standard InChI is InChI=1S/C16H21BrN2O5S/c1-11(2)8-19(14-3-4-25(22,23)10-14)15(20)9-24-16(21)12-5-13(17)7-18-6-12/h5-7,11,14H,3-4,8-10H2,1-2H3. The van der Waals surface area contributed by atoms with E-state index >= 15 is 0 Å². The van der Waals surface area contributed by atoms with Crippen LogP contribution in [-0.4, -0.2) is 60.9 Å². The van der Waals surface area contributed by atoms with E-state index in [0.717, 1.165) is 0 Å². The van der Waals surface area contributed by atoms with Gasteiger partial charge in [-0.25, -0.2) is 13.2 Å². The molecular formula is C16H21BrN2O5S. The molecule has 9 heteroatoms. The molecule has 2 heterocycles. The molecule has 1 fully saturated rings. The van der Waals surface area contributed by atoms with Gasteiger partial charge in [-0.3, -0.25) is 9.78 Å². The highest BCUT2D eigenvalue weighted by molar-refractivity contribution is 9.10. The molecule has 1 saturated heterocycles. The Labute approximate surface area is 155 Å². The maximum Gasteiger partial charge on any atom is 0.340 e. The number of esters is 1. The first-order valence-corrected chi connectivity index (χ1v) is 10.6. The Kier molecular flexibility index (Phi) is 6.56. The van der Waals surface area contributed by atoms with Crippen LogP contribution in [0.4, 0.5) is 0 Å². The Hall–Kier alpha value is -1.48. The summed E-state index contributed by atoms with van der Waals surface area (Å²) in [5.41, 5.74) is 0.237. The topological polar surface area (TPSA) is 93.6 Å². The zero-order valence-electron chi connectivity index (χ0n) is 14.1. The zero-order valence-corrected chi connectivity index (χ0v) is 16.5. The summed E-state index contributed by atoms with van der Waals surface area (Å²) >= 11 is 3.21. The Morgan fingerprint density at radius 3 is 2.68 bits per heavy atom. The molecule has 1 aliphatic rings. The number of amides is 1. The largest absolute Gasteiger partial charge is 0.452 e. The van der Waals surface area contributed by atoms with Crippen LogP contribution in [0, 0.1) is 5.92 Å². The molecule has 138 valence electrons. The summed E-state index contributed by atoms with van der Waals surface area (Å²) in [4.78, 5) is 29.9. The van der Waals surface area contributed by atoms with Gasteiger partial charge in [-0.2, -0.15) is 0 Å². The maximum absolute atomic E-state index is 12.5. The second-order valence-electron chi connectivity index (χ2n) is 6.46. The number of hydrogen-bond donors (Lipinski definition) is 0. The molecule has 0 saturated carbocycles. The minimum atomic E-state index is -3.10. The molecule has 1 amide bonds. The van der Waals surface area contributed by atoms with Crippen LogP contribution < -0.4 is 0 Å². The second kappa shape index (κ2) is 8.27. The van der Waals surface area contributed by atoms with E-state index in [2.05, 4.69) is 20.9 Å². The normalized spacial score (nSPS) is 19.0. The predicted molar refractivity (Wildman–Crippen MR) is 95.8 cm³/mol. The van der Waals surface area contributed by atoms with Gasteiger partial charge in [0.1, 0.15) is 0 Å². The lowest BCUT2D eigenvalue weighted by molar-refractivity contribution is -0.137. The number of pyridine rings is 1. The molecule has 1 aromatic heterocycles. The number of hydrogen-bond acceptors (Lipinski definition) is 6. The van der Waals surface area contributed by atoms with Crippen LogP contribution in [0.1, 0.15) is 30.6 Å². The van der Waals surface area contributed by atoms with Gasteiger partial charge >= 0.3 is 5.97 Å². The first-order chi connectivity index (χ1) is 11.7. The van der Waals surface area contributed by atoms with Crippen molar-refractivity contribution in [1.29, 1.82) is 0 Å². The molecule has 0 aromatic carbocycles. The minimum absolute atomic E-state index is 0.0328. The van der Waals surface area contributed by atoms with Gasteiger partial charge in [0.05, 0.1) is 17.1 Å². The maximum atomic E-state index is 12.5. The lowest BCUT2D eigenvalue weighted by Crippen LogP contribution is -2.45. The SMILES string of the molecule is CC(C)CN(C(=O)COC(=O)c1cncc(Br)c1)C1CCS(=O)(=O)C1. The number of sulfone groups is 1. The van der Waals surface area contributed by atoms with Gasteiger partial charge in [0.2, 0.25) is 0 Å². The van der Waals surface area contributed by atoms with E-state index in [9.17, 15) is 18.0 Å². The molecule has 0 N–H and O–H groups in total. The average Bonchev–Trinajstić information content (AvgIpc) is 2.89. The fourth-order valence-electron chi connectivity index (χ4n) is 2.69. The quantitative estimate of drug-likeness (QED) is 0.634. The monoisotopic (exact) mass is 432 g/mol. The summed E-state index contributed by atoms with van der Waals surface area (Å²) in [7, 11) is -3.10. The lowest BCUT2D eigenvalue weighted by atomic mass is 10.1. The van der Waals surface area contributed by atoms with Crippen LogP contribution in [0.15, 0.2) is 22.9 Å². The van der Waals surface area contributed by atoms with E-state index < -0.39 is 22.4 Å². The number of rotatable bonds is 6. The molecule has 0 spiro atoms. The smallest absolute Gasteiger partial charge is 0.340 e. The summed E-state index contributed by atoms with van der Waals surface area (Å²) in [6.07, 6.45) is 3.31. The van der Waals surface area contributed by atoms with Crippen LogP contribution in [0.2, 0.25) is 0 Å². The highest BCUT2D eigenvalue weighted by atomic mass is 79.9. The Morgan fingerprint density at radius 2 is 2.12 bits per heavy atom. The van der Waals surface area contributed by atoms with Crippen molar-refractivity contribution in [2.75, 3.05) is 24.7 Å². The fourth-order valence-corrected chi connectivity index (χ4v) is 4.78. The van der Waals surface area contributed by atoms with Gasteiger partial charge < -0.3 is 9.64 Å². The van der Waals surface area contributed by atoms with Crippen LogP contribution in [0.5, 0.6) is 0 Å². The van der Waals surface area contributed by atoms with Crippen LogP contribution >= 0.6 is 15.9 Å². The third-order valence-electron chi connectivity index (χ3n) is 3.80. The van der Waals surface area contributed by atoms with Crippen LogP contribution in [-0.2, 0) is 19.4 Å². The van der Waals surface area contributed by atoms with Crippen molar-refractivity contribution in [3.8, 4) is 0 Å². The Bertz CT molecular complexity index is 751. The van der Waals surface area contributed by atoms with Gasteiger partial charge in [0.25, 0.3) is 5.91 Å². The summed E-state index contributed by atoms with van der Waals surface area (Å²) in [6, 6.07) is 1.20. The van der Waals surface area contributed by atoms with Crippen molar-refractivity contribution in [2.45, 2.75) is 26.3 Å². The van der Waals surface area contributed by atoms with Crippen LogP contribution in [0.3, 0.4) is 0 Å². The third kappa shape index (κ3) is 5.78. The summed E-state index contributed by atoms with van der Waals surface area (Å²) < 4.78 is 29.1. The predicted octanol–water partition coefficient (Wildman–Crippen LogP) is 1.67. The van der Waals surface area contributed by atoms with E-state index in [1.807, 2.05) is 13.8 Å². The number of aromatic nitrogens is 1. The van der Waals surface area contributed by atoms with E-state index in [4.69, 9.17) is 4.74 Å². The van der Waals surface area contributed by atoms with E-state index in [-0.39, 0.29) is 34.9 Å². The zero-order chi connectivity index (χ0) is 18.6. The van der Waals surface area contributed by atoms with Crippen molar-refractivity contribution in [1.82, 2.24) is 9.88 Å². The molecular weight excluding hydrogens is 412 g/mol. The molecule has 0 radical (unpaired) electrons. The minimum Gasteiger partial charge on any atom is -0.452 e. The van der Waals surface area contributed by atoms with Gasteiger partial charge in [0.15, 0.2) is 16.4 Å². The molecule has 1 aromatic rings. The number of carbonyl (C=O) groups is 2. The van der Waals surface area contributed by atoms with E-state index in [1.165, 1.54) is 17.3 Å². The third-order valence-corrected chi connectivity index (χ3v) is 5.98. The summed E-state index contributed by atoms with van der Waals surface area (Å²) in [6.45, 7) is 3.90. The van der Waals surface area contributed by atoms with E-state index in [0.29, 0.717) is 17.4 Å². The van der Waals surface area contributed by atoms with Gasteiger partial charge in [0, 0.05) is 29.5 Å². The Morgan fingerprint density at radius 1 is 1.40 bits per heavy atom. The van der Waals surface area contributed by atoms with Crippen molar-refractivity contribution in [3.05, 3.63) is 28.5 Å². The van der Waals surface area contributed by atoms with Gasteiger partial charge in [-0.15, -0.1) is 0 Å². The molecule has 0 aliphatic carbocycles. The van der Waals surface area contributed by atoms with Crippen molar-refractivity contribution in [3.63, 3.8) is 0 Å². The van der Waals surface area contributed by atoms with E-state index in [1.54, 1.807) is 6.07 Å². The first kappa shape index (κ1) is 19.8. The molecule has 1 aliphatic heterocycles. The number of ether oxygens (including phenoxy) is 1. The highest BCUT2D eigenvalue weighted by Gasteiger charge is 2.35. The van der Waals surface area contributed by atoms with Crippen molar-refractivity contribution >= 4 is 37.6 Å².